The largest absolute Gasteiger partial charge is 0.497 e. The van der Waals surface area contributed by atoms with Gasteiger partial charge < -0.3 is 24.0 Å². The number of ketones is 1. The van der Waals surface area contributed by atoms with E-state index in [1.54, 1.807) is 36.3 Å². The molecule has 1 aromatic carbocycles. The lowest BCUT2D eigenvalue weighted by Crippen LogP contribution is -2.48. The third-order valence-corrected chi connectivity index (χ3v) is 17.0. The van der Waals surface area contributed by atoms with Crippen molar-refractivity contribution in [3.63, 3.8) is 0 Å². The summed E-state index contributed by atoms with van der Waals surface area (Å²) in [4.78, 5) is 66.0. The van der Waals surface area contributed by atoms with Crippen LogP contribution in [0.15, 0.2) is 42.3 Å². The van der Waals surface area contributed by atoms with Gasteiger partial charge in [-0.2, -0.15) is 0 Å². The van der Waals surface area contributed by atoms with Crippen molar-refractivity contribution in [3.8, 4) is 22.9 Å². The van der Waals surface area contributed by atoms with Gasteiger partial charge in [-0.1, -0.05) is 54.5 Å². The van der Waals surface area contributed by atoms with E-state index in [2.05, 4.69) is 20.4 Å². The Labute approximate surface area is 347 Å². The van der Waals surface area contributed by atoms with Gasteiger partial charge in [0.05, 0.1) is 59.1 Å². The first-order valence-corrected chi connectivity index (χ1v) is 23.6. The second kappa shape index (κ2) is 17.6. The van der Waals surface area contributed by atoms with Crippen molar-refractivity contribution in [2.75, 3.05) is 13.7 Å². The Balaban J connectivity index is 1.35. The zero-order chi connectivity index (χ0) is 42.2. The van der Waals surface area contributed by atoms with Crippen LogP contribution in [0.2, 0.25) is 0 Å². The number of likely N-dealkylation sites (tertiary alicyclic amines) is 1. The van der Waals surface area contributed by atoms with Gasteiger partial charge >= 0.3 is 5.97 Å². The lowest BCUT2D eigenvalue weighted by molar-refractivity contribution is -0.156. The molecule has 7 atom stereocenters. The summed E-state index contributed by atoms with van der Waals surface area (Å²) in [7, 11) is -2.22. The van der Waals surface area contributed by atoms with E-state index >= 15 is 0 Å². The van der Waals surface area contributed by atoms with Gasteiger partial charge in [0.15, 0.2) is 5.78 Å². The standard InChI is InChI=1S/C45H62N3O8PS/c1-10-28(5)57(52,53)45(23-29(45)11-2)24-39(49)38-20-32(25-48(38)43(51)34(44(6,7)8)21-42(50)56-30-14-12-13-15-30)55-40-22-36(37-26-58-41(47-37)18-27(3)4)46-35-19-31(54-9)16-17-33(35)40/h11,16-17,19,22,26-30,32,34,38H,2,10,12-15,18,20-21,23-25H2,1,3-9H3,(H,52,53)/t28?,29-,32-,34-,38+,45-/m1/s1. The van der Waals surface area contributed by atoms with Gasteiger partial charge in [-0.25, -0.2) is 9.97 Å². The number of rotatable bonds is 17. The molecule has 1 amide bonds. The molecule has 58 heavy (non-hydrogen) atoms. The first kappa shape index (κ1) is 44.0. The van der Waals surface area contributed by atoms with Crippen LogP contribution in [0.5, 0.6) is 11.5 Å². The SMILES string of the molecule is C=C[C@@H]1C[C@]1(CC(=O)[C@@H]1C[C@@H](Oc2cc(-c3csc(CC(C)C)n3)nc3cc(OC)ccc23)CN1C(=O)[C@@H](CC(=O)OC1CCCC1)C(C)(C)C)P(=O)(O)C(C)CC. The normalized spacial score (nSPS) is 24.4. The average Bonchev–Trinajstić information content (AvgIpc) is 3.58. The molecule has 0 bridgehead atoms. The number of methoxy groups -OCH3 is 1. The summed E-state index contributed by atoms with van der Waals surface area (Å²) in [5, 5.41) is 2.62. The quantitative estimate of drug-likeness (QED) is 0.0793. The van der Waals surface area contributed by atoms with E-state index in [9.17, 15) is 23.8 Å². The van der Waals surface area contributed by atoms with Gasteiger partial charge in [0, 0.05) is 47.8 Å². The molecule has 2 saturated carbocycles. The number of nitrogens with zero attached hydrogens (tertiary/aromatic N) is 3. The van der Waals surface area contributed by atoms with Crippen LogP contribution in [-0.4, -0.2) is 80.1 Å². The summed E-state index contributed by atoms with van der Waals surface area (Å²) < 4.78 is 32.3. The number of pyridine rings is 1. The molecular weight excluding hydrogens is 774 g/mol. The number of amides is 1. The van der Waals surface area contributed by atoms with Crippen molar-refractivity contribution in [2.45, 2.75) is 142 Å². The number of hydrogen-bond acceptors (Lipinski definition) is 10. The topological polar surface area (TPSA) is 145 Å². The first-order chi connectivity index (χ1) is 27.4. The Morgan fingerprint density at radius 3 is 2.45 bits per heavy atom. The van der Waals surface area contributed by atoms with Crippen molar-refractivity contribution in [1.29, 1.82) is 0 Å². The lowest BCUT2D eigenvalue weighted by atomic mass is 9.77. The van der Waals surface area contributed by atoms with Crippen LogP contribution >= 0.6 is 18.7 Å². The van der Waals surface area contributed by atoms with Gasteiger partial charge in [-0.15, -0.1) is 17.9 Å². The van der Waals surface area contributed by atoms with Crippen LogP contribution in [-0.2, 0) is 30.1 Å². The van der Waals surface area contributed by atoms with Crippen LogP contribution < -0.4 is 9.47 Å². The van der Waals surface area contributed by atoms with Gasteiger partial charge in [0.25, 0.3) is 0 Å². The highest BCUT2D eigenvalue weighted by atomic mass is 32.1. The van der Waals surface area contributed by atoms with Gasteiger partial charge in [-0.05, 0) is 67.9 Å². The number of ether oxygens (including phenoxy) is 3. The summed E-state index contributed by atoms with van der Waals surface area (Å²) in [5.74, 6) is -0.477. The van der Waals surface area contributed by atoms with E-state index in [0.29, 0.717) is 41.5 Å². The molecular formula is C45H62N3O8PS. The Bertz CT molecular complexity index is 2050. The number of esters is 1. The summed E-state index contributed by atoms with van der Waals surface area (Å²) in [5.41, 5.74) is 0.866. The molecule has 1 aliphatic heterocycles. The minimum absolute atomic E-state index is 0.0874. The van der Waals surface area contributed by atoms with E-state index in [0.717, 1.165) is 48.2 Å². The number of carbonyl (C=O) groups excluding carboxylic acids is 3. The maximum Gasteiger partial charge on any atom is 0.306 e. The molecule has 3 heterocycles. The fraction of sp³-hybridized carbons (Fsp3) is 0.622. The first-order valence-electron chi connectivity index (χ1n) is 21.0. The van der Waals surface area contributed by atoms with Crippen molar-refractivity contribution in [1.82, 2.24) is 14.9 Å². The van der Waals surface area contributed by atoms with E-state index < -0.39 is 47.6 Å². The van der Waals surface area contributed by atoms with E-state index in [1.807, 2.05) is 57.3 Å². The molecule has 2 aliphatic carbocycles. The smallest absolute Gasteiger partial charge is 0.306 e. The molecule has 1 saturated heterocycles. The Kier molecular flexibility index (Phi) is 13.3. The highest BCUT2D eigenvalue weighted by Gasteiger charge is 2.66. The zero-order valence-corrected chi connectivity index (χ0v) is 37.2. The molecule has 11 nitrogen and oxygen atoms in total. The van der Waals surface area contributed by atoms with Crippen LogP contribution in [0.1, 0.15) is 111 Å². The third-order valence-electron chi connectivity index (χ3n) is 12.6. The Morgan fingerprint density at radius 1 is 1.10 bits per heavy atom. The number of fused-ring (bicyclic) bond motifs is 1. The van der Waals surface area contributed by atoms with Crippen LogP contribution in [0, 0.1) is 23.2 Å². The van der Waals surface area contributed by atoms with Gasteiger partial charge in [0.2, 0.25) is 13.3 Å². The van der Waals surface area contributed by atoms with Gasteiger partial charge in [0.1, 0.15) is 23.7 Å². The van der Waals surface area contributed by atoms with Crippen molar-refractivity contribution >= 4 is 47.3 Å². The Morgan fingerprint density at radius 2 is 1.83 bits per heavy atom. The van der Waals surface area contributed by atoms with Gasteiger partial charge in [-0.3, -0.25) is 18.9 Å². The molecule has 6 rings (SSSR count). The predicted octanol–water partition coefficient (Wildman–Crippen LogP) is 9.42. The predicted molar refractivity (Wildman–Crippen MR) is 229 cm³/mol. The summed E-state index contributed by atoms with van der Waals surface area (Å²) in [6.45, 7) is 17.7. The number of benzene rings is 1. The van der Waals surface area contributed by atoms with Crippen LogP contribution in [0.3, 0.4) is 0 Å². The molecule has 3 fully saturated rings. The highest BCUT2D eigenvalue weighted by Crippen LogP contribution is 2.75. The second-order valence-corrected chi connectivity index (χ2v) is 22.2. The maximum absolute atomic E-state index is 14.9. The van der Waals surface area contributed by atoms with Crippen LogP contribution in [0.4, 0.5) is 0 Å². The summed E-state index contributed by atoms with van der Waals surface area (Å²) in [6.07, 6.45) is 6.23. The molecule has 3 aromatic rings. The molecule has 2 aromatic heterocycles. The lowest BCUT2D eigenvalue weighted by Gasteiger charge is -2.35. The number of hydrogen-bond donors (Lipinski definition) is 1. The summed E-state index contributed by atoms with van der Waals surface area (Å²) >= 11 is 1.59. The van der Waals surface area contributed by atoms with E-state index in [1.165, 1.54) is 0 Å². The van der Waals surface area contributed by atoms with E-state index in [4.69, 9.17) is 24.2 Å². The summed E-state index contributed by atoms with van der Waals surface area (Å²) in [6, 6.07) is 6.50. The minimum atomic E-state index is -3.82. The average molecular weight is 836 g/mol. The molecule has 0 spiro atoms. The Hall–Kier alpha value is -3.60. The number of aromatic nitrogens is 2. The molecule has 1 N–H and O–H groups in total. The molecule has 13 heteroatoms. The van der Waals surface area contributed by atoms with Crippen LogP contribution in [0.25, 0.3) is 22.3 Å². The molecule has 2 unspecified atom stereocenters. The van der Waals surface area contributed by atoms with Crippen molar-refractivity contribution in [3.05, 3.63) is 47.3 Å². The molecule has 316 valence electrons. The molecule has 0 radical (unpaired) electrons. The maximum atomic E-state index is 14.9. The third kappa shape index (κ3) is 9.24. The van der Waals surface area contributed by atoms with Crippen molar-refractivity contribution < 1.29 is 38.1 Å². The van der Waals surface area contributed by atoms with Crippen molar-refractivity contribution in [2.24, 2.45) is 23.2 Å². The number of carbonyl (C=O) groups is 3. The number of Topliss-reactive ketones (excluding diaryl/α,β-unsaturated/α-hetero) is 1. The fourth-order valence-corrected chi connectivity index (χ4v) is 12.6. The molecule has 3 aliphatic rings. The number of allylic oxidation sites excluding steroid dienone is 1. The number of thiazole rings is 1. The monoisotopic (exact) mass is 835 g/mol. The fourth-order valence-electron chi connectivity index (χ4n) is 8.80. The second-order valence-electron chi connectivity index (χ2n) is 18.3. The zero-order valence-electron chi connectivity index (χ0n) is 35.5. The minimum Gasteiger partial charge on any atom is -0.497 e. The highest BCUT2D eigenvalue weighted by molar-refractivity contribution is 7.61. The van der Waals surface area contributed by atoms with E-state index in [-0.39, 0.29) is 49.5 Å².